The van der Waals surface area contributed by atoms with E-state index in [0.29, 0.717) is 12.5 Å². The molecular formula is C19H23NO. The van der Waals surface area contributed by atoms with Gasteiger partial charge in [0.2, 0.25) is 0 Å². The van der Waals surface area contributed by atoms with Crippen molar-refractivity contribution in [1.82, 2.24) is 0 Å². The summed E-state index contributed by atoms with van der Waals surface area (Å²) < 4.78 is 5.89. The molecule has 1 aliphatic rings. The van der Waals surface area contributed by atoms with Crippen molar-refractivity contribution in [1.29, 1.82) is 0 Å². The molecule has 0 saturated heterocycles. The highest BCUT2D eigenvalue weighted by molar-refractivity contribution is 5.31. The van der Waals surface area contributed by atoms with Gasteiger partial charge in [0.05, 0.1) is 0 Å². The average Bonchev–Trinajstić information content (AvgIpc) is 3.08. The second kappa shape index (κ2) is 6.77. The topological polar surface area (TPSA) is 35.2 Å². The summed E-state index contributed by atoms with van der Waals surface area (Å²) in [6.45, 7) is 0.600. The number of rotatable bonds is 5. The number of ether oxygens (including phenoxy) is 1. The van der Waals surface area contributed by atoms with E-state index in [0.717, 1.165) is 5.75 Å². The number of hydrogen-bond donors (Lipinski definition) is 1. The summed E-state index contributed by atoms with van der Waals surface area (Å²) >= 11 is 0. The van der Waals surface area contributed by atoms with Gasteiger partial charge >= 0.3 is 0 Å². The number of nitrogens with two attached hydrogens (primary N) is 1. The molecule has 0 aromatic heterocycles. The summed E-state index contributed by atoms with van der Waals surface area (Å²) in [4.78, 5) is 0. The van der Waals surface area contributed by atoms with Gasteiger partial charge in [-0.1, -0.05) is 55.3 Å². The van der Waals surface area contributed by atoms with Crippen molar-refractivity contribution in [3.05, 3.63) is 65.7 Å². The Labute approximate surface area is 126 Å². The van der Waals surface area contributed by atoms with E-state index in [1.54, 1.807) is 0 Å². The van der Waals surface area contributed by atoms with Crippen LogP contribution in [0.5, 0.6) is 5.75 Å². The Morgan fingerprint density at radius 2 is 1.76 bits per heavy atom. The van der Waals surface area contributed by atoms with E-state index in [4.69, 9.17) is 10.5 Å². The highest BCUT2D eigenvalue weighted by Crippen LogP contribution is 2.35. The van der Waals surface area contributed by atoms with Crippen LogP contribution in [0, 0.1) is 5.92 Å². The zero-order valence-electron chi connectivity index (χ0n) is 12.4. The van der Waals surface area contributed by atoms with Crippen LogP contribution in [0.2, 0.25) is 0 Å². The standard InChI is InChI=1S/C19H23NO/c20-19(16-9-4-5-10-16)17-11-6-12-18(13-17)21-14-15-7-2-1-3-8-15/h1-3,6-8,11-13,16,19H,4-5,9-10,14,20H2/t19-/m0/s1. The van der Waals surface area contributed by atoms with E-state index in [9.17, 15) is 0 Å². The van der Waals surface area contributed by atoms with Crippen LogP contribution in [-0.4, -0.2) is 0 Å². The summed E-state index contributed by atoms with van der Waals surface area (Å²) in [6, 6.07) is 18.7. The minimum atomic E-state index is 0.146. The molecule has 1 saturated carbocycles. The molecule has 21 heavy (non-hydrogen) atoms. The quantitative estimate of drug-likeness (QED) is 0.878. The fourth-order valence-electron chi connectivity index (χ4n) is 3.14. The third-order valence-corrected chi connectivity index (χ3v) is 4.40. The lowest BCUT2D eigenvalue weighted by Gasteiger charge is -2.20. The second-order valence-electron chi connectivity index (χ2n) is 5.92. The van der Waals surface area contributed by atoms with E-state index in [1.165, 1.54) is 36.8 Å². The first-order chi connectivity index (χ1) is 10.3. The molecule has 2 heteroatoms. The van der Waals surface area contributed by atoms with E-state index in [1.807, 2.05) is 30.3 Å². The lowest BCUT2D eigenvalue weighted by molar-refractivity contribution is 0.305. The summed E-state index contributed by atoms with van der Waals surface area (Å²) in [5.41, 5.74) is 8.81. The predicted octanol–water partition coefficient (Wildman–Crippen LogP) is 4.46. The molecule has 0 amide bonds. The Balaban J connectivity index is 1.65. The molecule has 3 rings (SSSR count). The SMILES string of the molecule is N[C@H](c1cccc(OCc2ccccc2)c1)C1CCCC1. The fraction of sp³-hybridized carbons (Fsp3) is 0.368. The molecule has 0 aliphatic heterocycles. The molecule has 0 bridgehead atoms. The molecule has 1 aliphatic carbocycles. The normalized spacial score (nSPS) is 16.8. The average molecular weight is 281 g/mol. The number of hydrogen-bond acceptors (Lipinski definition) is 2. The van der Waals surface area contributed by atoms with Gasteiger partial charge in [0.1, 0.15) is 12.4 Å². The van der Waals surface area contributed by atoms with Gasteiger partial charge in [-0.2, -0.15) is 0 Å². The third-order valence-electron chi connectivity index (χ3n) is 4.40. The van der Waals surface area contributed by atoms with E-state index >= 15 is 0 Å². The summed E-state index contributed by atoms with van der Waals surface area (Å²) in [6.07, 6.45) is 5.16. The second-order valence-corrected chi connectivity index (χ2v) is 5.92. The predicted molar refractivity (Wildman–Crippen MR) is 86.1 cm³/mol. The smallest absolute Gasteiger partial charge is 0.120 e. The molecule has 2 aromatic carbocycles. The van der Waals surface area contributed by atoms with E-state index in [-0.39, 0.29) is 6.04 Å². The summed E-state index contributed by atoms with van der Waals surface area (Å²) in [5, 5.41) is 0. The van der Waals surface area contributed by atoms with Crippen molar-refractivity contribution in [3.63, 3.8) is 0 Å². The van der Waals surface area contributed by atoms with Crippen LogP contribution in [0.15, 0.2) is 54.6 Å². The molecule has 1 fully saturated rings. The molecule has 2 nitrogen and oxygen atoms in total. The van der Waals surface area contributed by atoms with Crippen LogP contribution in [0.25, 0.3) is 0 Å². The van der Waals surface area contributed by atoms with Crippen LogP contribution in [0.1, 0.15) is 42.9 Å². The van der Waals surface area contributed by atoms with Gasteiger partial charge in [-0.05, 0) is 42.0 Å². The first kappa shape index (κ1) is 14.2. The van der Waals surface area contributed by atoms with Gasteiger partial charge in [-0.25, -0.2) is 0 Å². The van der Waals surface area contributed by atoms with Crippen LogP contribution >= 0.6 is 0 Å². The maximum Gasteiger partial charge on any atom is 0.120 e. The highest BCUT2D eigenvalue weighted by Gasteiger charge is 2.23. The van der Waals surface area contributed by atoms with Gasteiger partial charge in [-0.3, -0.25) is 0 Å². The maximum absolute atomic E-state index is 6.42. The Morgan fingerprint density at radius 3 is 2.52 bits per heavy atom. The molecule has 2 N–H and O–H groups in total. The first-order valence-electron chi connectivity index (χ1n) is 7.85. The zero-order valence-corrected chi connectivity index (χ0v) is 12.4. The van der Waals surface area contributed by atoms with Gasteiger partial charge in [0.15, 0.2) is 0 Å². The Hall–Kier alpha value is -1.80. The van der Waals surface area contributed by atoms with Crippen molar-refractivity contribution in [3.8, 4) is 5.75 Å². The Morgan fingerprint density at radius 1 is 1.00 bits per heavy atom. The Kier molecular flexibility index (Phi) is 4.56. The molecule has 1 atom stereocenters. The lowest BCUT2D eigenvalue weighted by Crippen LogP contribution is -2.19. The van der Waals surface area contributed by atoms with Gasteiger partial charge in [0.25, 0.3) is 0 Å². The Bertz CT molecular complexity index is 561. The monoisotopic (exact) mass is 281 g/mol. The minimum Gasteiger partial charge on any atom is -0.489 e. The molecular weight excluding hydrogens is 258 g/mol. The molecule has 0 unspecified atom stereocenters. The van der Waals surface area contributed by atoms with E-state index < -0.39 is 0 Å². The largest absolute Gasteiger partial charge is 0.489 e. The molecule has 2 aromatic rings. The van der Waals surface area contributed by atoms with Crippen molar-refractivity contribution < 1.29 is 4.74 Å². The first-order valence-corrected chi connectivity index (χ1v) is 7.85. The molecule has 0 spiro atoms. The fourth-order valence-corrected chi connectivity index (χ4v) is 3.14. The molecule has 0 radical (unpaired) electrons. The van der Waals surface area contributed by atoms with Crippen molar-refractivity contribution >= 4 is 0 Å². The summed E-state index contributed by atoms with van der Waals surface area (Å²) in [7, 11) is 0. The van der Waals surface area contributed by atoms with Crippen LogP contribution in [-0.2, 0) is 6.61 Å². The van der Waals surface area contributed by atoms with E-state index in [2.05, 4.69) is 24.3 Å². The highest BCUT2D eigenvalue weighted by atomic mass is 16.5. The minimum absolute atomic E-state index is 0.146. The van der Waals surface area contributed by atoms with Gasteiger partial charge in [-0.15, -0.1) is 0 Å². The van der Waals surface area contributed by atoms with Crippen LogP contribution < -0.4 is 10.5 Å². The lowest BCUT2D eigenvalue weighted by atomic mass is 9.92. The molecule has 0 heterocycles. The van der Waals surface area contributed by atoms with Crippen LogP contribution in [0.4, 0.5) is 0 Å². The van der Waals surface area contributed by atoms with Crippen LogP contribution in [0.3, 0.4) is 0 Å². The van der Waals surface area contributed by atoms with Crippen molar-refractivity contribution in [2.75, 3.05) is 0 Å². The maximum atomic E-state index is 6.42. The molecule has 110 valence electrons. The third kappa shape index (κ3) is 3.64. The zero-order chi connectivity index (χ0) is 14.5. The number of benzene rings is 2. The van der Waals surface area contributed by atoms with Crippen molar-refractivity contribution in [2.24, 2.45) is 11.7 Å². The van der Waals surface area contributed by atoms with Gasteiger partial charge in [0, 0.05) is 6.04 Å². The van der Waals surface area contributed by atoms with Crippen molar-refractivity contribution in [2.45, 2.75) is 38.3 Å². The summed E-state index contributed by atoms with van der Waals surface area (Å²) in [5.74, 6) is 1.54. The van der Waals surface area contributed by atoms with Gasteiger partial charge < -0.3 is 10.5 Å².